The van der Waals surface area contributed by atoms with Crippen LogP contribution in [0.1, 0.15) is 30.5 Å². The van der Waals surface area contributed by atoms with Crippen LogP contribution in [0.2, 0.25) is 0 Å². The second-order valence-corrected chi connectivity index (χ2v) is 6.17. The number of nitrogens with one attached hydrogen (secondary N) is 1. The Morgan fingerprint density at radius 2 is 1.95 bits per heavy atom. The summed E-state index contributed by atoms with van der Waals surface area (Å²) in [5, 5.41) is 3.46. The quantitative estimate of drug-likeness (QED) is 0.889. The molecule has 1 aliphatic heterocycles. The minimum Gasteiger partial charge on any atom is -0.313 e. The summed E-state index contributed by atoms with van der Waals surface area (Å²) in [4.78, 5) is 5.05. The van der Waals surface area contributed by atoms with Crippen LogP contribution < -0.4 is 5.32 Å². The van der Waals surface area contributed by atoms with E-state index >= 15 is 0 Å². The van der Waals surface area contributed by atoms with Gasteiger partial charge in [0, 0.05) is 38.3 Å². The lowest BCUT2D eigenvalue weighted by atomic mass is 10.0. The molecule has 0 spiro atoms. The van der Waals surface area contributed by atoms with Crippen LogP contribution in [-0.2, 0) is 0 Å². The van der Waals surface area contributed by atoms with E-state index in [-0.39, 0.29) is 0 Å². The van der Waals surface area contributed by atoms with Crippen LogP contribution in [-0.4, -0.2) is 56.1 Å². The summed E-state index contributed by atoms with van der Waals surface area (Å²) in [5.41, 5.74) is 2.73. The van der Waals surface area contributed by atoms with Gasteiger partial charge in [0.15, 0.2) is 0 Å². The summed E-state index contributed by atoms with van der Waals surface area (Å²) in [7, 11) is 4.29. The molecule has 1 aliphatic rings. The van der Waals surface area contributed by atoms with Crippen molar-refractivity contribution in [3.05, 3.63) is 35.4 Å². The lowest BCUT2D eigenvalue weighted by Gasteiger charge is -2.38. The van der Waals surface area contributed by atoms with E-state index < -0.39 is 0 Å². The Kier molecular flexibility index (Phi) is 5.58. The van der Waals surface area contributed by atoms with E-state index in [1.165, 1.54) is 43.7 Å². The van der Waals surface area contributed by atoms with Crippen LogP contribution in [0.5, 0.6) is 0 Å². The summed E-state index contributed by atoms with van der Waals surface area (Å²) >= 11 is 0. The highest BCUT2D eigenvalue weighted by molar-refractivity contribution is 5.24. The van der Waals surface area contributed by atoms with Crippen molar-refractivity contribution < 1.29 is 0 Å². The minimum absolute atomic E-state index is 0.463. The molecule has 1 aromatic rings. The van der Waals surface area contributed by atoms with Crippen LogP contribution in [0.25, 0.3) is 0 Å². The first kappa shape index (κ1) is 15.5. The molecule has 0 bridgehead atoms. The van der Waals surface area contributed by atoms with E-state index in [1.807, 2.05) is 0 Å². The zero-order chi connectivity index (χ0) is 14.5. The summed E-state index contributed by atoms with van der Waals surface area (Å²) in [6.07, 6.45) is 1.18. The third-order valence-electron chi connectivity index (χ3n) is 4.61. The van der Waals surface area contributed by atoms with Crippen LogP contribution >= 0.6 is 0 Å². The maximum Gasteiger partial charge on any atom is 0.0329 e. The Bertz CT molecular complexity index is 401. The SMILES string of the molecule is CNC(CCN1CCN(C)C(C)C1)c1ccc(C)cc1. The molecule has 3 heteroatoms. The number of hydrogen-bond acceptors (Lipinski definition) is 3. The van der Waals surface area contributed by atoms with Crippen molar-refractivity contribution in [1.82, 2.24) is 15.1 Å². The zero-order valence-electron chi connectivity index (χ0n) is 13.4. The van der Waals surface area contributed by atoms with E-state index in [0.29, 0.717) is 12.1 Å². The van der Waals surface area contributed by atoms with Crippen molar-refractivity contribution in [3.63, 3.8) is 0 Å². The molecule has 20 heavy (non-hydrogen) atoms. The van der Waals surface area contributed by atoms with E-state index in [4.69, 9.17) is 0 Å². The number of aryl methyl sites for hydroxylation is 1. The standard InChI is InChI=1S/C17H29N3/c1-14-5-7-16(8-6-14)17(18-3)9-10-20-12-11-19(4)15(2)13-20/h5-8,15,17-18H,9-13H2,1-4H3. The van der Waals surface area contributed by atoms with Crippen molar-refractivity contribution in [2.75, 3.05) is 40.3 Å². The van der Waals surface area contributed by atoms with Gasteiger partial charge in [-0.2, -0.15) is 0 Å². The first-order chi connectivity index (χ1) is 9.60. The first-order valence-corrected chi connectivity index (χ1v) is 7.76. The summed E-state index contributed by atoms with van der Waals surface area (Å²) in [5.74, 6) is 0. The average molecular weight is 275 g/mol. The molecule has 0 amide bonds. The second-order valence-electron chi connectivity index (χ2n) is 6.17. The lowest BCUT2D eigenvalue weighted by Crippen LogP contribution is -2.50. The lowest BCUT2D eigenvalue weighted by molar-refractivity contribution is 0.102. The maximum absolute atomic E-state index is 3.46. The molecule has 0 radical (unpaired) electrons. The molecule has 1 heterocycles. The van der Waals surface area contributed by atoms with Gasteiger partial charge >= 0.3 is 0 Å². The Morgan fingerprint density at radius 1 is 1.25 bits per heavy atom. The molecule has 2 unspecified atom stereocenters. The van der Waals surface area contributed by atoms with Crippen LogP contribution in [0.15, 0.2) is 24.3 Å². The Labute approximate surface area is 124 Å². The molecular formula is C17H29N3. The van der Waals surface area contributed by atoms with E-state index in [9.17, 15) is 0 Å². The highest BCUT2D eigenvalue weighted by atomic mass is 15.3. The average Bonchev–Trinajstić information content (AvgIpc) is 2.45. The topological polar surface area (TPSA) is 18.5 Å². The van der Waals surface area contributed by atoms with Crippen molar-refractivity contribution in [1.29, 1.82) is 0 Å². The number of rotatable bonds is 5. The van der Waals surface area contributed by atoms with Crippen LogP contribution in [0, 0.1) is 6.92 Å². The Morgan fingerprint density at radius 3 is 2.55 bits per heavy atom. The molecule has 0 aromatic heterocycles. The molecular weight excluding hydrogens is 246 g/mol. The fraction of sp³-hybridized carbons (Fsp3) is 0.647. The van der Waals surface area contributed by atoms with Gasteiger partial charge in [-0.1, -0.05) is 29.8 Å². The molecule has 1 fully saturated rings. The van der Waals surface area contributed by atoms with Crippen molar-refractivity contribution in [3.8, 4) is 0 Å². The van der Waals surface area contributed by atoms with Gasteiger partial charge in [-0.3, -0.25) is 0 Å². The summed E-state index contributed by atoms with van der Waals surface area (Å²) in [6, 6.07) is 10.1. The predicted octanol–water partition coefficient (Wildman–Crippen LogP) is 2.28. The predicted molar refractivity (Wildman–Crippen MR) is 86.1 cm³/mol. The van der Waals surface area contributed by atoms with Gasteiger partial charge in [-0.05, 0) is 39.9 Å². The zero-order valence-corrected chi connectivity index (χ0v) is 13.4. The number of likely N-dealkylation sites (N-methyl/N-ethyl adjacent to an activating group) is 1. The van der Waals surface area contributed by atoms with Gasteiger partial charge in [-0.15, -0.1) is 0 Å². The summed E-state index contributed by atoms with van der Waals surface area (Å²) < 4.78 is 0. The van der Waals surface area contributed by atoms with Gasteiger partial charge < -0.3 is 15.1 Å². The fourth-order valence-electron chi connectivity index (χ4n) is 2.92. The van der Waals surface area contributed by atoms with Gasteiger partial charge in [-0.25, -0.2) is 0 Å². The summed E-state index contributed by atoms with van der Waals surface area (Å²) in [6.45, 7) is 9.23. The molecule has 2 atom stereocenters. The van der Waals surface area contributed by atoms with Gasteiger partial charge in [0.05, 0.1) is 0 Å². The molecule has 1 N–H and O–H groups in total. The Hall–Kier alpha value is -0.900. The third-order valence-corrected chi connectivity index (χ3v) is 4.61. The van der Waals surface area contributed by atoms with Gasteiger partial charge in [0.1, 0.15) is 0 Å². The largest absolute Gasteiger partial charge is 0.313 e. The highest BCUT2D eigenvalue weighted by Crippen LogP contribution is 2.18. The first-order valence-electron chi connectivity index (χ1n) is 7.76. The van der Waals surface area contributed by atoms with Crippen molar-refractivity contribution >= 4 is 0 Å². The van der Waals surface area contributed by atoms with Gasteiger partial charge in [0.2, 0.25) is 0 Å². The minimum atomic E-state index is 0.463. The number of hydrogen-bond donors (Lipinski definition) is 1. The molecule has 2 rings (SSSR count). The third kappa shape index (κ3) is 4.05. The number of piperazine rings is 1. The maximum atomic E-state index is 3.46. The Balaban J connectivity index is 1.86. The normalized spacial score (nSPS) is 22.9. The molecule has 3 nitrogen and oxygen atoms in total. The van der Waals surface area contributed by atoms with Crippen LogP contribution in [0.4, 0.5) is 0 Å². The monoisotopic (exact) mass is 275 g/mol. The van der Waals surface area contributed by atoms with E-state index in [0.717, 1.165) is 0 Å². The van der Waals surface area contributed by atoms with E-state index in [2.05, 4.69) is 67.3 Å². The molecule has 0 saturated carbocycles. The molecule has 0 aliphatic carbocycles. The molecule has 1 saturated heterocycles. The van der Waals surface area contributed by atoms with Gasteiger partial charge in [0.25, 0.3) is 0 Å². The number of benzene rings is 1. The van der Waals surface area contributed by atoms with Crippen LogP contribution in [0.3, 0.4) is 0 Å². The van der Waals surface area contributed by atoms with Crippen molar-refractivity contribution in [2.45, 2.75) is 32.4 Å². The van der Waals surface area contributed by atoms with E-state index in [1.54, 1.807) is 0 Å². The highest BCUT2D eigenvalue weighted by Gasteiger charge is 2.21. The molecule has 112 valence electrons. The second kappa shape index (κ2) is 7.21. The number of nitrogens with zero attached hydrogens (tertiary/aromatic N) is 2. The smallest absolute Gasteiger partial charge is 0.0329 e. The fourth-order valence-corrected chi connectivity index (χ4v) is 2.92. The van der Waals surface area contributed by atoms with Crippen molar-refractivity contribution in [2.24, 2.45) is 0 Å². The molecule has 1 aromatic carbocycles.